The summed E-state index contributed by atoms with van der Waals surface area (Å²) in [5, 5.41) is 32.1. The van der Waals surface area contributed by atoms with Gasteiger partial charge in [0.25, 0.3) is 0 Å². The van der Waals surface area contributed by atoms with Crippen LogP contribution in [0.15, 0.2) is 85.1 Å². The van der Waals surface area contributed by atoms with Crippen molar-refractivity contribution in [1.82, 2.24) is 31.6 Å². The number of H-pyrrole nitrogens is 1. The van der Waals surface area contributed by atoms with Gasteiger partial charge in [-0.2, -0.15) is 0 Å². The summed E-state index contributed by atoms with van der Waals surface area (Å²) in [5.41, 5.74) is 24.8. The van der Waals surface area contributed by atoms with Gasteiger partial charge < -0.3 is 64.7 Å². The maximum Gasteiger partial charge on any atom is 0.245 e. The van der Waals surface area contributed by atoms with Crippen molar-refractivity contribution < 1.29 is 48.6 Å². The van der Waals surface area contributed by atoms with E-state index < -0.39 is 103 Å². The average Bonchev–Trinajstić information content (AvgIpc) is 3.61. The minimum atomic E-state index is -1.77. The molecule has 0 aliphatic rings. The third-order valence-corrected chi connectivity index (χ3v) is 9.30. The zero-order valence-electron chi connectivity index (χ0n) is 32.3. The Morgan fingerprint density at radius 3 is 1.62 bits per heavy atom. The Kier molecular flexibility index (Phi) is 16.2. The van der Waals surface area contributed by atoms with Crippen LogP contribution in [0.1, 0.15) is 29.5 Å². The first kappa shape index (κ1) is 45.4. The van der Waals surface area contributed by atoms with Gasteiger partial charge in [0.2, 0.25) is 47.3 Å². The number of nitrogens with one attached hydrogen (secondary N) is 6. The smallest absolute Gasteiger partial charge is 0.245 e. The second kappa shape index (κ2) is 21.4. The summed E-state index contributed by atoms with van der Waals surface area (Å²) in [5.74, 6) is -8.01. The van der Waals surface area contributed by atoms with Gasteiger partial charge in [0.1, 0.15) is 36.0 Å². The Hall–Kier alpha value is -7.32. The molecular formula is C40H48N10O10. The maximum atomic E-state index is 14.1. The Labute approximate surface area is 343 Å². The van der Waals surface area contributed by atoms with Crippen LogP contribution >= 0.6 is 0 Å². The number of phenolic OH excluding ortho intramolecular Hbond substituents is 1. The van der Waals surface area contributed by atoms with Crippen LogP contribution in [-0.2, 0) is 57.6 Å². The molecule has 0 radical (unpaired) electrons. The van der Waals surface area contributed by atoms with E-state index in [0.717, 1.165) is 0 Å². The summed E-state index contributed by atoms with van der Waals surface area (Å²) in [6, 6.07) is 12.4. The van der Waals surface area contributed by atoms with Crippen LogP contribution in [0.25, 0.3) is 10.9 Å². The van der Waals surface area contributed by atoms with Crippen molar-refractivity contribution in [3.05, 3.63) is 102 Å². The predicted molar refractivity (Wildman–Crippen MR) is 215 cm³/mol. The van der Waals surface area contributed by atoms with Gasteiger partial charge in [-0.1, -0.05) is 60.7 Å². The fraction of sp³-hybridized carbons (Fsp3) is 0.300. The number of carbonyl (C=O) groups is 8. The standard InChI is InChI=1S/C40H48N10O10/c41-26(14-22-10-12-24(52)13-11-22)36(56)47-30(17-33(42)53)38(58)48-29(16-23-19-45-27-9-5-4-8-25(23)27)37(57)49-31(18-34(43)54)39(59)50-32(20-51)40(60)46-28(35(44)55)15-21-6-2-1-3-7-21/h1-13,19,26,28-32,45,51-52H,14-18,20,41H2,(H2,42,53)(H2,43,54)(H2,44,55)(H,46,60)(H,47,56)(H,48,58)(H,49,57)(H,50,59)/t26-,28-,29-,30-,31-,32-/m0/s1. The molecule has 0 fully saturated rings. The van der Waals surface area contributed by atoms with E-state index in [4.69, 9.17) is 22.9 Å². The third-order valence-electron chi connectivity index (χ3n) is 9.30. The topological polar surface area (TPSA) is 357 Å². The van der Waals surface area contributed by atoms with E-state index in [0.29, 0.717) is 27.6 Å². The lowest BCUT2D eigenvalue weighted by Crippen LogP contribution is -2.61. The lowest BCUT2D eigenvalue weighted by atomic mass is 10.0. The number of hydrogen-bond acceptors (Lipinski definition) is 11. The fourth-order valence-corrected chi connectivity index (χ4v) is 6.16. The largest absolute Gasteiger partial charge is 0.508 e. The number of rotatable bonds is 22. The Morgan fingerprint density at radius 2 is 1.03 bits per heavy atom. The summed E-state index contributed by atoms with van der Waals surface area (Å²) in [6.45, 7) is -0.976. The average molecular weight is 829 g/mol. The molecule has 6 atom stereocenters. The van der Waals surface area contributed by atoms with Gasteiger partial charge in [0.15, 0.2) is 0 Å². The Balaban J connectivity index is 1.54. The second-order valence-corrected chi connectivity index (χ2v) is 14.0. The molecular weight excluding hydrogens is 780 g/mol. The van der Waals surface area contributed by atoms with Crippen molar-refractivity contribution in [2.45, 2.75) is 68.4 Å². The maximum absolute atomic E-state index is 14.1. The van der Waals surface area contributed by atoms with E-state index >= 15 is 0 Å². The first-order valence-corrected chi connectivity index (χ1v) is 18.7. The number of primary amides is 3. The summed E-state index contributed by atoms with van der Waals surface area (Å²) >= 11 is 0. The number of nitrogens with two attached hydrogens (primary N) is 4. The van der Waals surface area contributed by atoms with Crippen molar-refractivity contribution in [3.8, 4) is 5.75 Å². The van der Waals surface area contributed by atoms with Crippen LogP contribution in [0, 0.1) is 0 Å². The molecule has 0 spiro atoms. The van der Waals surface area contributed by atoms with E-state index in [-0.39, 0.29) is 25.0 Å². The number of aliphatic hydroxyl groups is 1. The molecule has 0 aliphatic heterocycles. The van der Waals surface area contributed by atoms with Gasteiger partial charge in [0.05, 0.1) is 25.5 Å². The minimum absolute atomic E-state index is 0.00515. The van der Waals surface area contributed by atoms with Gasteiger partial charge in [-0.15, -0.1) is 0 Å². The summed E-state index contributed by atoms with van der Waals surface area (Å²) in [7, 11) is 0. The van der Waals surface area contributed by atoms with E-state index in [1.54, 1.807) is 72.9 Å². The number of benzene rings is 3. The van der Waals surface area contributed by atoms with Gasteiger partial charge in [-0.05, 0) is 41.3 Å². The Bertz CT molecular complexity index is 2180. The molecule has 3 aromatic carbocycles. The quantitative estimate of drug-likeness (QED) is 0.0376. The number of para-hydroxylation sites is 1. The monoisotopic (exact) mass is 828 g/mol. The highest BCUT2D eigenvalue weighted by Crippen LogP contribution is 2.20. The molecule has 4 aromatic rings. The van der Waals surface area contributed by atoms with Crippen LogP contribution in [0.3, 0.4) is 0 Å². The highest BCUT2D eigenvalue weighted by Gasteiger charge is 2.34. The number of aromatic hydroxyl groups is 1. The molecule has 60 heavy (non-hydrogen) atoms. The summed E-state index contributed by atoms with van der Waals surface area (Å²) in [6.07, 6.45) is -0.176. The van der Waals surface area contributed by atoms with Crippen LogP contribution in [0.5, 0.6) is 5.75 Å². The molecule has 0 saturated heterocycles. The first-order chi connectivity index (χ1) is 28.5. The number of carbonyl (C=O) groups excluding carboxylic acids is 8. The molecule has 0 aliphatic carbocycles. The highest BCUT2D eigenvalue weighted by atomic mass is 16.3. The molecule has 1 heterocycles. The van der Waals surface area contributed by atoms with E-state index in [1.165, 1.54) is 12.1 Å². The molecule has 4 rings (SSSR count). The first-order valence-electron chi connectivity index (χ1n) is 18.7. The highest BCUT2D eigenvalue weighted by molar-refractivity contribution is 5.99. The van der Waals surface area contributed by atoms with Crippen molar-refractivity contribution >= 4 is 58.2 Å². The number of aromatic nitrogens is 1. The van der Waals surface area contributed by atoms with Crippen molar-refractivity contribution in [1.29, 1.82) is 0 Å². The van der Waals surface area contributed by atoms with Gasteiger partial charge in [0, 0.05) is 29.9 Å². The normalized spacial score (nSPS) is 14.0. The number of fused-ring (bicyclic) bond motifs is 1. The predicted octanol–water partition coefficient (Wildman–Crippen LogP) is -3.12. The van der Waals surface area contributed by atoms with E-state index in [1.807, 2.05) is 0 Å². The molecule has 16 N–H and O–H groups in total. The number of amides is 8. The number of hydrogen-bond donors (Lipinski definition) is 12. The lowest BCUT2D eigenvalue weighted by molar-refractivity contribution is -0.136. The number of aromatic amines is 1. The molecule has 0 unspecified atom stereocenters. The molecule has 20 heteroatoms. The second-order valence-electron chi connectivity index (χ2n) is 14.0. The molecule has 1 aromatic heterocycles. The van der Waals surface area contributed by atoms with Crippen LogP contribution in [0.2, 0.25) is 0 Å². The zero-order chi connectivity index (χ0) is 43.9. The van der Waals surface area contributed by atoms with Crippen LogP contribution < -0.4 is 49.5 Å². The van der Waals surface area contributed by atoms with Gasteiger partial charge in [-0.3, -0.25) is 38.4 Å². The van der Waals surface area contributed by atoms with Crippen LogP contribution in [0.4, 0.5) is 0 Å². The van der Waals surface area contributed by atoms with Crippen molar-refractivity contribution in [3.63, 3.8) is 0 Å². The molecule has 318 valence electrons. The third kappa shape index (κ3) is 13.4. The van der Waals surface area contributed by atoms with E-state index in [2.05, 4.69) is 31.6 Å². The summed E-state index contributed by atoms with van der Waals surface area (Å²) in [4.78, 5) is 107. The number of phenols is 1. The van der Waals surface area contributed by atoms with E-state index in [9.17, 15) is 48.6 Å². The molecule has 8 amide bonds. The summed E-state index contributed by atoms with van der Waals surface area (Å²) < 4.78 is 0. The molecule has 0 bridgehead atoms. The van der Waals surface area contributed by atoms with Crippen molar-refractivity contribution in [2.75, 3.05) is 6.61 Å². The SMILES string of the molecule is NC(=O)C[C@H](NC(=O)[C@H](Cc1c[nH]c2ccccc12)NC(=O)[C@H](CC(N)=O)NC(=O)[C@@H](N)Cc1ccc(O)cc1)C(=O)N[C@@H](CO)C(=O)N[C@@H](Cc1ccccc1)C(N)=O. The minimum Gasteiger partial charge on any atom is -0.508 e. The molecule has 20 nitrogen and oxygen atoms in total. The van der Waals surface area contributed by atoms with Gasteiger partial charge in [-0.25, -0.2) is 0 Å². The lowest BCUT2D eigenvalue weighted by Gasteiger charge is -2.26. The fourth-order valence-electron chi connectivity index (χ4n) is 6.16. The zero-order valence-corrected chi connectivity index (χ0v) is 32.3. The number of aliphatic hydroxyl groups excluding tert-OH is 1. The van der Waals surface area contributed by atoms with Gasteiger partial charge >= 0.3 is 0 Å². The van der Waals surface area contributed by atoms with Crippen molar-refractivity contribution in [2.24, 2.45) is 22.9 Å². The Morgan fingerprint density at radius 1 is 0.550 bits per heavy atom. The van der Waals surface area contributed by atoms with Crippen LogP contribution in [-0.4, -0.2) is 105 Å². The molecule has 0 saturated carbocycles.